The van der Waals surface area contributed by atoms with Crippen molar-refractivity contribution in [3.63, 3.8) is 0 Å². The number of rotatable bonds is 6. The number of alkyl carbamates (subject to hydrolysis) is 4. The van der Waals surface area contributed by atoms with Crippen LogP contribution < -0.4 is 42.5 Å². The lowest BCUT2D eigenvalue weighted by atomic mass is 10.2. The van der Waals surface area contributed by atoms with Gasteiger partial charge in [0.15, 0.2) is 20.4 Å². The number of carbonyl (C=O) groups excluding carboxylic acids is 4. The minimum Gasteiger partial charge on any atom is -0.453 e. The molecule has 0 unspecified atom stereocenters. The van der Waals surface area contributed by atoms with E-state index >= 15 is 0 Å². The van der Waals surface area contributed by atoms with Gasteiger partial charge in [0, 0.05) is 0 Å². The van der Waals surface area contributed by atoms with Crippen LogP contribution in [0.1, 0.15) is 13.8 Å². The van der Waals surface area contributed by atoms with Crippen molar-refractivity contribution >= 4 is 116 Å². The fourth-order valence-electron chi connectivity index (χ4n) is 2.82. The van der Waals surface area contributed by atoms with Crippen LogP contribution in [0.3, 0.4) is 0 Å². The molecule has 0 saturated heterocycles. The van der Waals surface area contributed by atoms with Crippen molar-refractivity contribution in [1.82, 2.24) is 21.3 Å². The molecule has 0 aliphatic heterocycles. The number of hydrogen-bond acceptors (Lipinski definition) is 12. The summed E-state index contributed by atoms with van der Waals surface area (Å²) < 4.78 is 18.3. The molecule has 0 fully saturated rings. The molecule has 2 aromatic carbocycles. The first-order valence-electron chi connectivity index (χ1n) is 12.9. The predicted molar refractivity (Wildman–Crippen MR) is 189 cm³/mol. The molecular formula is C26H32N8O8S4. The summed E-state index contributed by atoms with van der Waals surface area (Å²) >= 11 is 20.0. The largest absolute Gasteiger partial charge is 0.453 e. The zero-order chi connectivity index (χ0) is 34.5. The van der Waals surface area contributed by atoms with E-state index in [1.807, 2.05) is 0 Å². The van der Waals surface area contributed by atoms with Crippen LogP contribution in [-0.2, 0) is 18.9 Å². The average Bonchev–Trinajstić information content (AvgIpc) is 2.99. The highest BCUT2D eigenvalue weighted by Crippen LogP contribution is 2.21. The standard InChI is InChI=1S/C14H18N4O4S2.C12H14N4O4S2/c1-3-21-13(19)17-11(23)15-9-7-5-6-8-10(9)16-12(24)18-14(20)22-4-2;1-19-11(17)15-9(21)13-7-5-3-4-6-8(7)14-10(22)16-12(18)20-2/h5-8H,3-4H2,1-2H3,(H2,15,17,19,23)(H2,16,18,20,24);3-6H,1-2H3,(H2,13,15,17,21)(H2,14,16,18,22). The molecule has 2 rings (SSSR count). The second-order valence-electron chi connectivity index (χ2n) is 7.83. The van der Waals surface area contributed by atoms with Gasteiger partial charge in [0.05, 0.1) is 50.2 Å². The molecule has 0 aromatic heterocycles. The summed E-state index contributed by atoms with van der Waals surface area (Å²) in [6.07, 6.45) is -2.68. The molecule has 0 radical (unpaired) electrons. The summed E-state index contributed by atoms with van der Waals surface area (Å²) in [4.78, 5) is 44.8. The van der Waals surface area contributed by atoms with Gasteiger partial charge in [0.25, 0.3) is 0 Å². The number of amides is 4. The van der Waals surface area contributed by atoms with E-state index < -0.39 is 24.4 Å². The molecule has 0 saturated carbocycles. The molecule has 4 amide bonds. The predicted octanol–water partition coefficient (Wildman–Crippen LogP) is 4.36. The van der Waals surface area contributed by atoms with E-state index in [2.05, 4.69) is 52.0 Å². The summed E-state index contributed by atoms with van der Waals surface area (Å²) in [6, 6.07) is 13.9. The highest BCUT2D eigenvalue weighted by molar-refractivity contribution is 7.81. The van der Waals surface area contributed by atoms with Crippen LogP contribution in [0, 0.1) is 0 Å². The first-order chi connectivity index (χ1) is 21.9. The van der Waals surface area contributed by atoms with E-state index in [0.717, 1.165) is 0 Å². The van der Waals surface area contributed by atoms with E-state index in [-0.39, 0.29) is 33.7 Å². The Labute approximate surface area is 286 Å². The highest BCUT2D eigenvalue weighted by atomic mass is 32.1. The van der Waals surface area contributed by atoms with Crippen molar-refractivity contribution in [3.05, 3.63) is 48.5 Å². The Morgan fingerprint density at radius 1 is 0.500 bits per heavy atom. The van der Waals surface area contributed by atoms with Gasteiger partial charge in [0.2, 0.25) is 0 Å². The lowest BCUT2D eigenvalue weighted by molar-refractivity contribution is 0.157. The van der Waals surface area contributed by atoms with Gasteiger partial charge in [-0.3, -0.25) is 21.3 Å². The quantitative estimate of drug-likeness (QED) is 0.155. The number of nitrogens with one attached hydrogen (secondary N) is 8. The molecule has 20 heteroatoms. The fourth-order valence-corrected chi connectivity index (χ4v) is 3.60. The second-order valence-corrected chi connectivity index (χ2v) is 9.46. The molecule has 8 N–H and O–H groups in total. The average molecular weight is 713 g/mol. The first kappa shape index (κ1) is 39.1. The third-order valence-electron chi connectivity index (χ3n) is 4.63. The maximum absolute atomic E-state index is 11.3. The monoisotopic (exact) mass is 712 g/mol. The van der Waals surface area contributed by atoms with Gasteiger partial charge in [-0.2, -0.15) is 0 Å². The van der Waals surface area contributed by atoms with Gasteiger partial charge in [-0.1, -0.05) is 24.3 Å². The molecule has 16 nitrogen and oxygen atoms in total. The molecular weight excluding hydrogens is 681 g/mol. The van der Waals surface area contributed by atoms with E-state index in [4.69, 9.17) is 58.3 Å². The topological polar surface area (TPSA) is 201 Å². The number of benzene rings is 2. The maximum atomic E-state index is 11.3. The van der Waals surface area contributed by atoms with Crippen LogP contribution in [-0.4, -0.2) is 72.3 Å². The first-order valence-corrected chi connectivity index (χ1v) is 14.5. The van der Waals surface area contributed by atoms with Crippen molar-refractivity contribution < 1.29 is 38.1 Å². The lowest BCUT2D eigenvalue weighted by Crippen LogP contribution is -2.36. The minimum absolute atomic E-state index is 0.0490. The molecule has 2 aromatic rings. The van der Waals surface area contributed by atoms with Crippen molar-refractivity contribution in [3.8, 4) is 0 Å². The Balaban J connectivity index is 0.000000462. The van der Waals surface area contributed by atoms with Crippen molar-refractivity contribution in [2.45, 2.75) is 13.8 Å². The second kappa shape index (κ2) is 21.7. The van der Waals surface area contributed by atoms with Crippen LogP contribution in [0.4, 0.5) is 41.9 Å². The van der Waals surface area contributed by atoms with Gasteiger partial charge in [-0.05, 0) is 87.0 Å². The Morgan fingerprint density at radius 2 is 0.739 bits per heavy atom. The molecule has 0 bridgehead atoms. The zero-order valence-electron chi connectivity index (χ0n) is 24.9. The number of anilines is 4. The van der Waals surface area contributed by atoms with Crippen LogP contribution in [0.2, 0.25) is 0 Å². The van der Waals surface area contributed by atoms with Gasteiger partial charge < -0.3 is 40.2 Å². The van der Waals surface area contributed by atoms with E-state index in [1.165, 1.54) is 14.2 Å². The summed E-state index contributed by atoms with van der Waals surface area (Å²) in [7, 11) is 2.45. The van der Waals surface area contributed by atoms with Gasteiger partial charge in [-0.15, -0.1) is 0 Å². The smallest absolute Gasteiger partial charge is 0.413 e. The van der Waals surface area contributed by atoms with Crippen LogP contribution in [0.25, 0.3) is 0 Å². The number of thiocarbonyl (C=S) groups is 4. The van der Waals surface area contributed by atoms with Gasteiger partial charge in [-0.25, -0.2) is 19.2 Å². The van der Waals surface area contributed by atoms with Crippen LogP contribution >= 0.6 is 48.9 Å². The van der Waals surface area contributed by atoms with Gasteiger partial charge in [0.1, 0.15) is 0 Å². The Morgan fingerprint density at radius 3 is 0.957 bits per heavy atom. The molecule has 0 spiro atoms. The number of methoxy groups -OCH3 is 2. The third kappa shape index (κ3) is 16.2. The summed E-state index contributed by atoms with van der Waals surface area (Å²) in [5.74, 6) is 0. The molecule has 0 atom stereocenters. The van der Waals surface area contributed by atoms with E-state index in [1.54, 1.807) is 62.4 Å². The molecule has 0 aliphatic carbocycles. The Hall–Kier alpha value is -4.92. The Kier molecular flexibility index (Phi) is 18.5. The van der Waals surface area contributed by atoms with E-state index in [9.17, 15) is 19.2 Å². The molecule has 0 aliphatic rings. The van der Waals surface area contributed by atoms with Crippen LogP contribution in [0.15, 0.2) is 48.5 Å². The van der Waals surface area contributed by atoms with Crippen LogP contribution in [0.5, 0.6) is 0 Å². The number of carbonyl (C=O) groups is 4. The number of para-hydroxylation sites is 4. The van der Waals surface area contributed by atoms with Gasteiger partial charge >= 0.3 is 24.4 Å². The molecule has 0 heterocycles. The van der Waals surface area contributed by atoms with Crippen molar-refractivity contribution in [2.75, 3.05) is 48.7 Å². The molecule has 46 heavy (non-hydrogen) atoms. The summed E-state index contributed by atoms with van der Waals surface area (Å²) in [5.41, 5.74) is 2.18. The Bertz CT molecular complexity index is 1330. The van der Waals surface area contributed by atoms with Crippen molar-refractivity contribution in [1.29, 1.82) is 0 Å². The zero-order valence-corrected chi connectivity index (χ0v) is 28.2. The van der Waals surface area contributed by atoms with E-state index in [0.29, 0.717) is 22.7 Å². The van der Waals surface area contributed by atoms with Crippen molar-refractivity contribution in [2.24, 2.45) is 0 Å². The number of ether oxygens (including phenoxy) is 4. The summed E-state index contributed by atoms with van der Waals surface area (Å²) in [6.45, 7) is 3.85. The lowest BCUT2D eigenvalue weighted by Gasteiger charge is -2.15. The highest BCUT2D eigenvalue weighted by Gasteiger charge is 2.11. The minimum atomic E-state index is -0.689. The summed E-state index contributed by atoms with van der Waals surface area (Å²) in [5, 5.41) is 20.9. The third-order valence-corrected chi connectivity index (χ3v) is 5.45. The molecule has 248 valence electrons. The normalized spacial score (nSPS) is 9.30. The maximum Gasteiger partial charge on any atom is 0.413 e. The SMILES string of the molecule is CCOC(=O)NC(=S)Nc1ccccc1NC(=S)NC(=O)OCC.COC(=O)NC(=S)Nc1ccccc1NC(=S)NC(=O)OC. The fraction of sp³-hybridized carbons (Fsp3) is 0.231. The number of hydrogen-bond donors (Lipinski definition) is 8.